The lowest BCUT2D eigenvalue weighted by molar-refractivity contribution is 0.0788. The van der Waals surface area contributed by atoms with Crippen LogP contribution in [0.5, 0.6) is 5.75 Å². The molecular formula is C30H31NO2. The lowest BCUT2D eigenvalue weighted by atomic mass is 9.76. The molecule has 0 saturated carbocycles. The summed E-state index contributed by atoms with van der Waals surface area (Å²) in [6.45, 7) is 2.39. The third-order valence-corrected chi connectivity index (χ3v) is 6.84. The lowest BCUT2D eigenvalue weighted by Crippen LogP contribution is -2.42. The van der Waals surface area contributed by atoms with E-state index >= 15 is 0 Å². The Morgan fingerprint density at radius 2 is 1.58 bits per heavy atom. The third kappa shape index (κ3) is 5.27. The second-order valence-corrected chi connectivity index (χ2v) is 9.06. The van der Waals surface area contributed by atoms with E-state index in [1.807, 2.05) is 18.2 Å². The van der Waals surface area contributed by atoms with Crippen LogP contribution < -0.4 is 10.1 Å². The fourth-order valence-electron chi connectivity index (χ4n) is 5.01. The summed E-state index contributed by atoms with van der Waals surface area (Å²) in [5.41, 5.74) is 3.64. The minimum Gasteiger partial charge on any atom is -0.489 e. The summed E-state index contributed by atoms with van der Waals surface area (Å²) in [6.07, 6.45) is 1.31. The molecule has 0 amide bonds. The van der Waals surface area contributed by atoms with Crippen LogP contribution in [0.2, 0.25) is 0 Å². The molecule has 5 rings (SSSR count). The standard InChI is InChI=1S/C30H31NO2/c32-30(19-23-10-11-24-8-4-5-9-26(24)18-23)29-20-31-17-16-28(29)25-12-14-27(15-13-25)33-21-22-6-2-1-3-7-22/h1-15,18,28-32H,16-17,19-21H2. The fourth-order valence-corrected chi connectivity index (χ4v) is 5.01. The fraction of sp³-hybridized carbons (Fsp3) is 0.267. The molecule has 1 fully saturated rings. The van der Waals surface area contributed by atoms with Crippen LogP contribution in [0, 0.1) is 5.92 Å². The number of hydrogen-bond acceptors (Lipinski definition) is 3. The van der Waals surface area contributed by atoms with Gasteiger partial charge in [0.05, 0.1) is 6.10 Å². The van der Waals surface area contributed by atoms with Gasteiger partial charge in [-0.1, -0.05) is 84.9 Å². The van der Waals surface area contributed by atoms with Crippen LogP contribution in [0.1, 0.15) is 29.0 Å². The highest BCUT2D eigenvalue weighted by Gasteiger charge is 2.32. The lowest BCUT2D eigenvalue weighted by Gasteiger charge is -2.36. The van der Waals surface area contributed by atoms with Crippen molar-refractivity contribution < 1.29 is 9.84 Å². The molecule has 3 heteroatoms. The summed E-state index contributed by atoms with van der Waals surface area (Å²) in [7, 11) is 0. The molecular weight excluding hydrogens is 406 g/mol. The number of hydrogen-bond donors (Lipinski definition) is 2. The largest absolute Gasteiger partial charge is 0.489 e. The van der Waals surface area contributed by atoms with Crippen LogP contribution >= 0.6 is 0 Å². The minimum absolute atomic E-state index is 0.182. The van der Waals surface area contributed by atoms with Gasteiger partial charge in [-0.2, -0.15) is 0 Å². The first-order chi connectivity index (χ1) is 16.3. The van der Waals surface area contributed by atoms with Crippen molar-refractivity contribution in [1.29, 1.82) is 0 Å². The van der Waals surface area contributed by atoms with Gasteiger partial charge in [-0.3, -0.25) is 0 Å². The zero-order chi connectivity index (χ0) is 22.5. The van der Waals surface area contributed by atoms with Crippen molar-refractivity contribution in [3.05, 3.63) is 114 Å². The molecule has 0 bridgehead atoms. The molecule has 1 saturated heterocycles. The number of aliphatic hydroxyl groups excluding tert-OH is 1. The Morgan fingerprint density at radius 1 is 0.818 bits per heavy atom. The topological polar surface area (TPSA) is 41.5 Å². The molecule has 168 valence electrons. The van der Waals surface area contributed by atoms with Crippen molar-refractivity contribution >= 4 is 10.8 Å². The predicted octanol–water partition coefficient (Wildman–Crippen LogP) is 5.72. The summed E-state index contributed by atoms with van der Waals surface area (Å²) in [5.74, 6) is 1.40. The summed E-state index contributed by atoms with van der Waals surface area (Å²) >= 11 is 0. The number of fused-ring (bicyclic) bond motifs is 1. The molecule has 0 aliphatic carbocycles. The third-order valence-electron chi connectivity index (χ3n) is 6.84. The molecule has 4 aromatic rings. The van der Waals surface area contributed by atoms with Gasteiger partial charge >= 0.3 is 0 Å². The Kier molecular flexibility index (Phi) is 6.71. The van der Waals surface area contributed by atoms with Gasteiger partial charge in [0, 0.05) is 12.5 Å². The molecule has 1 aliphatic heterocycles. The molecule has 0 aromatic heterocycles. The number of aliphatic hydroxyl groups is 1. The van der Waals surface area contributed by atoms with Crippen molar-refractivity contribution in [2.24, 2.45) is 5.92 Å². The van der Waals surface area contributed by atoms with Gasteiger partial charge in [0.1, 0.15) is 12.4 Å². The second kappa shape index (κ2) is 10.2. The van der Waals surface area contributed by atoms with Crippen molar-refractivity contribution in [3.8, 4) is 5.75 Å². The van der Waals surface area contributed by atoms with Crippen molar-refractivity contribution in [3.63, 3.8) is 0 Å². The van der Waals surface area contributed by atoms with E-state index in [1.54, 1.807) is 0 Å². The Labute approximate surface area is 196 Å². The van der Waals surface area contributed by atoms with Crippen LogP contribution in [-0.4, -0.2) is 24.3 Å². The summed E-state index contributed by atoms with van der Waals surface area (Å²) < 4.78 is 5.96. The quantitative estimate of drug-likeness (QED) is 0.389. The Balaban J connectivity index is 1.26. The molecule has 2 N–H and O–H groups in total. The molecule has 3 nitrogen and oxygen atoms in total. The van der Waals surface area contributed by atoms with E-state index in [0.29, 0.717) is 18.9 Å². The highest BCUT2D eigenvalue weighted by molar-refractivity contribution is 5.83. The molecule has 4 aromatic carbocycles. The van der Waals surface area contributed by atoms with E-state index in [-0.39, 0.29) is 5.92 Å². The number of nitrogens with one attached hydrogen (secondary N) is 1. The number of benzene rings is 4. The average molecular weight is 438 g/mol. The van der Waals surface area contributed by atoms with Gasteiger partial charge in [-0.15, -0.1) is 0 Å². The van der Waals surface area contributed by atoms with Crippen LogP contribution in [0.4, 0.5) is 0 Å². The average Bonchev–Trinajstić information content (AvgIpc) is 2.88. The van der Waals surface area contributed by atoms with E-state index < -0.39 is 6.10 Å². The first kappa shape index (κ1) is 21.7. The highest BCUT2D eigenvalue weighted by Crippen LogP contribution is 2.34. The minimum atomic E-state index is -0.391. The number of ether oxygens (including phenoxy) is 1. The van der Waals surface area contributed by atoms with Gasteiger partial charge in [-0.25, -0.2) is 0 Å². The monoisotopic (exact) mass is 437 g/mol. The van der Waals surface area contributed by atoms with E-state index in [9.17, 15) is 5.11 Å². The van der Waals surface area contributed by atoms with E-state index in [4.69, 9.17) is 4.74 Å². The van der Waals surface area contributed by atoms with Crippen LogP contribution in [0.25, 0.3) is 10.8 Å². The summed E-state index contributed by atoms with van der Waals surface area (Å²) in [6, 6.07) is 33.6. The number of rotatable bonds is 7. The highest BCUT2D eigenvalue weighted by atomic mass is 16.5. The van der Waals surface area contributed by atoms with Gasteiger partial charge < -0.3 is 15.2 Å². The van der Waals surface area contributed by atoms with Crippen LogP contribution in [0.3, 0.4) is 0 Å². The first-order valence-corrected chi connectivity index (χ1v) is 11.9. The first-order valence-electron chi connectivity index (χ1n) is 11.9. The maximum absolute atomic E-state index is 11.2. The molecule has 33 heavy (non-hydrogen) atoms. The maximum atomic E-state index is 11.2. The van der Waals surface area contributed by atoms with Gasteiger partial charge in [-0.05, 0) is 64.9 Å². The zero-order valence-electron chi connectivity index (χ0n) is 18.9. The van der Waals surface area contributed by atoms with Gasteiger partial charge in [0.25, 0.3) is 0 Å². The van der Waals surface area contributed by atoms with Gasteiger partial charge in [0.2, 0.25) is 0 Å². The molecule has 0 radical (unpaired) electrons. The summed E-state index contributed by atoms with van der Waals surface area (Å²) in [4.78, 5) is 0. The normalized spacial score (nSPS) is 19.3. The Hall–Kier alpha value is -3.14. The van der Waals surface area contributed by atoms with E-state index in [0.717, 1.165) is 30.8 Å². The van der Waals surface area contributed by atoms with E-state index in [2.05, 4.69) is 84.2 Å². The number of piperidine rings is 1. The molecule has 3 unspecified atom stereocenters. The SMILES string of the molecule is OC(Cc1ccc2ccccc2c1)C1CNCCC1c1ccc(OCc2ccccc2)cc1. The van der Waals surface area contributed by atoms with Crippen molar-refractivity contribution in [1.82, 2.24) is 5.32 Å². The Morgan fingerprint density at radius 3 is 2.39 bits per heavy atom. The van der Waals surface area contributed by atoms with Crippen molar-refractivity contribution in [2.75, 3.05) is 13.1 Å². The Bertz CT molecular complexity index is 1170. The smallest absolute Gasteiger partial charge is 0.119 e. The second-order valence-electron chi connectivity index (χ2n) is 9.06. The van der Waals surface area contributed by atoms with E-state index in [1.165, 1.54) is 21.9 Å². The molecule has 1 aliphatic rings. The van der Waals surface area contributed by atoms with Gasteiger partial charge in [0.15, 0.2) is 0 Å². The molecule has 3 atom stereocenters. The zero-order valence-corrected chi connectivity index (χ0v) is 18.9. The summed E-state index contributed by atoms with van der Waals surface area (Å²) in [5, 5.41) is 17.2. The van der Waals surface area contributed by atoms with Crippen molar-refractivity contribution in [2.45, 2.75) is 31.5 Å². The van der Waals surface area contributed by atoms with Crippen LogP contribution in [0.15, 0.2) is 97.1 Å². The molecule has 1 heterocycles. The maximum Gasteiger partial charge on any atom is 0.119 e. The molecule has 0 spiro atoms. The van der Waals surface area contributed by atoms with Crippen LogP contribution in [-0.2, 0) is 13.0 Å². The predicted molar refractivity (Wildman–Crippen MR) is 135 cm³/mol.